The number of aliphatic hydroxyl groups excluding tert-OH is 10. The average Bonchev–Trinajstić information content (AvgIpc) is 0.766. The van der Waals surface area contributed by atoms with Gasteiger partial charge >= 0.3 is 25.7 Å². The highest BCUT2D eigenvalue weighted by molar-refractivity contribution is 7.47. The number of carbonyl (C=O) groups is 3. The third-order valence-electron chi connectivity index (χ3n) is 18.4. The van der Waals surface area contributed by atoms with Crippen LogP contribution in [0.15, 0.2) is 0 Å². The van der Waals surface area contributed by atoms with Gasteiger partial charge in [0.2, 0.25) is 0 Å². The van der Waals surface area contributed by atoms with Gasteiger partial charge in [-0.25, -0.2) is 4.57 Å². The zero-order valence-electron chi connectivity index (χ0n) is 57.5. The maximum atomic E-state index is 14.3. The van der Waals surface area contributed by atoms with E-state index in [9.17, 15) is 74.9 Å². The minimum absolute atomic E-state index is 0.0331. The molecule has 25 heteroatoms. The highest BCUT2D eigenvalue weighted by Gasteiger charge is 2.58. The number of rotatable bonds is 57. The summed E-state index contributed by atoms with van der Waals surface area (Å²) >= 11 is 0. The van der Waals surface area contributed by atoms with Crippen molar-refractivity contribution in [1.29, 1.82) is 0 Å². The molecule has 0 spiro atoms. The van der Waals surface area contributed by atoms with Gasteiger partial charge in [-0.15, -0.1) is 0 Å². The van der Waals surface area contributed by atoms with E-state index in [1.54, 1.807) is 0 Å². The Morgan fingerprint density at radius 1 is 0.372 bits per heavy atom. The van der Waals surface area contributed by atoms with Crippen LogP contribution in [0.25, 0.3) is 0 Å². The normalized spacial score (nSPS) is 28.2. The topological polar surface area (TPSA) is 374 Å². The molecule has 3 rings (SSSR count). The molecule has 1 saturated carbocycles. The largest absolute Gasteiger partial charge is 0.472 e. The molecular weight excluding hydrogens is 1240 g/mol. The summed E-state index contributed by atoms with van der Waals surface area (Å²) in [6, 6.07) is 0. The van der Waals surface area contributed by atoms with E-state index in [4.69, 9.17) is 42.2 Å². The van der Waals surface area contributed by atoms with Crippen LogP contribution >= 0.6 is 7.82 Å². The van der Waals surface area contributed by atoms with Crippen molar-refractivity contribution >= 4 is 25.7 Å². The second kappa shape index (κ2) is 52.0. The van der Waals surface area contributed by atoms with Crippen LogP contribution in [0.4, 0.5) is 0 Å². The van der Waals surface area contributed by atoms with Crippen LogP contribution < -0.4 is 0 Å². The fourth-order valence-electron chi connectivity index (χ4n) is 12.3. The molecule has 24 nitrogen and oxygen atoms in total. The van der Waals surface area contributed by atoms with Crippen LogP contribution in [0.3, 0.4) is 0 Å². The van der Waals surface area contributed by atoms with E-state index in [-0.39, 0.29) is 19.3 Å². The summed E-state index contributed by atoms with van der Waals surface area (Å²) in [4.78, 5) is 50.9. The Hall–Kier alpha value is -2.04. The van der Waals surface area contributed by atoms with Crippen LogP contribution in [-0.4, -0.2) is 204 Å². The summed E-state index contributed by atoms with van der Waals surface area (Å²) in [5.41, 5.74) is 0. The molecule has 0 aromatic rings. The van der Waals surface area contributed by atoms with Crippen molar-refractivity contribution in [2.75, 3.05) is 26.4 Å². The van der Waals surface area contributed by atoms with Gasteiger partial charge in [0.1, 0.15) is 98.7 Å². The summed E-state index contributed by atoms with van der Waals surface area (Å²) < 4.78 is 64.9. The number of phosphoric acid groups is 1. The van der Waals surface area contributed by atoms with E-state index in [1.165, 1.54) is 135 Å². The SMILES string of the molecule is CCCCCCCCCCCCCCCCCCC(=O)OC(COC(=O)CCCCCCCCCCCCC)COP(=O)(O)OC1C(OC2OC(CO)C(O)C(O)C2O)C(O)C(O)C(O)C1OC1OC(COC(=O)CCCCCCCCCCCCCC)C(O)C(O)C1O. The van der Waals surface area contributed by atoms with Crippen molar-refractivity contribution in [3.8, 4) is 0 Å². The van der Waals surface area contributed by atoms with E-state index in [0.29, 0.717) is 19.3 Å². The quantitative estimate of drug-likeness (QED) is 0.0117. The standard InChI is InChI=1S/C69H129O24P/c1-4-7-10-13-16-19-22-24-25-26-27-30-33-36-39-42-45-55(73)88-50(47-85-53(71)43-40-37-34-31-28-21-18-15-12-9-6-3)48-87-94(83,84)93-67-65(91-68-63(81)58(76)56(74)51(46-70)89-68)61(79)60(78)62(80)66(67)92-69-64(82)59(77)57(75)52(90-69)49-86-54(72)44-41-38-35-32-29-23-20-17-14-11-8-5-2/h50-52,56-70,74-82H,4-49H2,1-3H3,(H,83,84). The maximum absolute atomic E-state index is 14.3. The zero-order valence-corrected chi connectivity index (χ0v) is 58.4. The molecule has 0 amide bonds. The Bertz CT molecular complexity index is 1960. The first-order valence-electron chi connectivity index (χ1n) is 36.8. The molecule has 18 unspecified atom stereocenters. The number of esters is 3. The third kappa shape index (κ3) is 35.3. The highest BCUT2D eigenvalue weighted by Crippen LogP contribution is 2.49. The number of aliphatic hydroxyl groups is 10. The maximum Gasteiger partial charge on any atom is 0.472 e. The minimum atomic E-state index is -5.69. The van der Waals surface area contributed by atoms with Gasteiger partial charge in [-0.05, 0) is 19.3 Å². The number of carbonyl (C=O) groups excluding carboxylic acids is 3. The number of ether oxygens (including phenoxy) is 7. The van der Waals surface area contributed by atoms with Crippen molar-refractivity contribution in [2.24, 2.45) is 0 Å². The smallest absolute Gasteiger partial charge is 0.463 e. The fraction of sp³-hybridized carbons (Fsp3) is 0.957. The summed E-state index contributed by atoms with van der Waals surface area (Å²) in [6.45, 7) is 3.44. The van der Waals surface area contributed by atoms with Gasteiger partial charge < -0.3 is 89.1 Å². The number of hydrogen-bond donors (Lipinski definition) is 11. The number of hydrogen-bond acceptors (Lipinski definition) is 23. The molecule has 1 aliphatic carbocycles. The molecule has 3 fully saturated rings. The molecule has 11 N–H and O–H groups in total. The molecular formula is C69H129O24P. The summed E-state index contributed by atoms with van der Waals surface area (Å²) in [5.74, 6) is -1.98. The van der Waals surface area contributed by atoms with Gasteiger partial charge in [-0.3, -0.25) is 23.4 Å². The predicted molar refractivity (Wildman–Crippen MR) is 352 cm³/mol. The lowest BCUT2D eigenvalue weighted by Gasteiger charge is -2.49. The summed E-state index contributed by atoms with van der Waals surface area (Å²) in [6.07, 6.45) is 7.60. The van der Waals surface area contributed by atoms with Gasteiger partial charge in [0, 0.05) is 19.3 Å². The lowest BCUT2D eigenvalue weighted by Crippen LogP contribution is -2.69. The van der Waals surface area contributed by atoms with Crippen molar-refractivity contribution in [3.05, 3.63) is 0 Å². The lowest BCUT2D eigenvalue weighted by molar-refractivity contribution is -0.360. The van der Waals surface area contributed by atoms with Crippen LogP contribution in [0.2, 0.25) is 0 Å². The average molecular weight is 1370 g/mol. The predicted octanol–water partition coefficient (Wildman–Crippen LogP) is 9.40. The van der Waals surface area contributed by atoms with E-state index >= 15 is 0 Å². The first kappa shape index (κ1) is 86.2. The van der Waals surface area contributed by atoms with Gasteiger partial charge in [-0.1, -0.05) is 252 Å². The van der Waals surface area contributed by atoms with Gasteiger partial charge in [0.15, 0.2) is 18.7 Å². The Morgan fingerprint density at radius 3 is 1.04 bits per heavy atom. The van der Waals surface area contributed by atoms with Crippen LogP contribution in [0, 0.1) is 0 Å². The molecule has 0 radical (unpaired) electrons. The van der Waals surface area contributed by atoms with Crippen LogP contribution in [0.5, 0.6) is 0 Å². The van der Waals surface area contributed by atoms with Crippen molar-refractivity contribution < 1.29 is 117 Å². The molecule has 2 saturated heterocycles. The lowest BCUT2D eigenvalue weighted by atomic mass is 9.84. The van der Waals surface area contributed by atoms with Gasteiger partial charge in [0.25, 0.3) is 0 Å². The molecule has 0 bridgehead atoms. The Morgan fingerprint density at radius 2 is 0.681 bits per heavy atom. The second-order valence-corrected chi connectivity index (χ2v) is 28.1. The Kier molecular flexibility index (Phi) is 47.7. The molecule has 94 heavy (non-hydrogen) atoms. The molecule has 3 aliphatic rings. The minimum Gasteiger partial charge on any atom is -0.463 e. The fourth-order valence-corrected chi connectivity index (χ4v) is 13.3. The van der Waals surface area contributed by atoms with E-state index in [1.807, 2.05) is 0 Å². The molecule has 18 atom stereocenters. The van der Waals surface area contributed by atoms with E-state index in [0.717, 1.165) is 96.3 Å². The van der Waals surface area contributed by atoms with Crippen LogP contribution in [-0.2, 0) is 61.2 Å². The van der Waals surface area contributed by atoms with Crippen molar-refractivity contribution in [2.45, 2.75) is 395 Å². The van der Waals surface area contributed by atoms with Crippen molar-refractivity contribution in [1.82, 2.24) is 0 Å². The first-order chi connectivity index (χ1) is 45.3. The van der Waals surface area contributed by atoms with E-state index < -0.39 is 156 Å². The first-order valence-corrected chi connectivity index (χ1v) is 38.3. The van der Waals surface area contributed by atoms with Gasteiger partial charge in [0.05, 0.1) is 13.2 Å². The number of unbranched alkanes of at least 4 members (excludes halogenated alkanes) is 36. The third-order valence-corrected chi connectivity index (χ3v) is 19.4. The molecule has 2 heterocycles. The monoisotopic (exact) mass is 1370 g/mol. The highest BCUT2D eigenvalue weighted by atomic mass is 31.2. The number of phosphoric ester groups is 1. The Balaban J connectivity index is 1.74. The van der Waals surface area contributed by atoms with E-state index in [2.05, 4.69) is 20.8 Å². The zero-order chi connectivity index (χ0) is 68.9. The molecule has 554 valence electrons. The van der Waals surface area contributed by atoms with Crippen LogP contribution in [0.1, 0.15) is 290 Å². The molecule has 2 aliphatic heterocycles. The molecule has 0 aromatic heterocycles. The molecule has 0 aromatic carbocycles. The summed E-state index contributed by atoms with van der Waals surface area (Å²) in [7, 11) is -5.69. The van der Waals surface area contributed by atoms with Crippen molar-refractivity contribution in [3.63, 3.8) is 0 Å². The Labute approximate surface area is 561 Å². The second-order valence-electron chi connectivity index (χ2n) is 26.7. The van der Waals surface area contributed by atoms with Gasteiger partial charge in [-0.2, -0.15) is 0 Å². The summed E-state index contributed by atoms with van der Waals surface area (Å²) in [5, 5.41) is 110.